The summed E-state index contributed by atoms with van der Waals surface area (Å²) in [5, 5.41) is 75.2. The summed E-state index contributed by atoms with van der Waals surface area (Å²) in [5.74, 6) is -0.210. The molecule has 0 amide bonds. The first-order chi connectivity index (χ1) is 16.2. The average Bonchev–Trinajstić information content (AvgIpc) is 3.08. The van der Waals surface area contributed by atoms with Crippen LogP contribution in [0.5, 0.6) is 0 Å². The normalized spacial score (nSPS) is 57.5. The molecule has 0 radical (unpaired) electrons. The molecule has 4 saturated carbocycles. The van der Waals surface area contributed by atoms with E-state index >= 15 is 0 Å². The van der Waals surface area contributed by atoms with Crippen molar-refractivity contribution in [3.05, 3.63) is 12.2 Å². The van der Waals surface area contributed by atoms with E-state index in [1.165, 1.54) is 0 Å². The van der Waals surface area contributed by atoms with Gasteiger partial charge in [0, 0.05) is 11.3 Å². The largest absolute Gasteiger partial charge is 0.394 e. The van der Waals surface area contributed by atoms with Gasteiger partial charge in [-0.1, -0.05) is 26.0 Å². The Labute approximate surface area is 206 Å². The molecule has 13 atom stereocenters. The van der Waals surface area contributed by atoms with Crippen LogP contribution in [0.1, 0.15) is 59.3 Å². The van der Waals surface area contributed by atoms with Gasteiger partial charge in [-0.05, 0) is 62.7 Å². The van der Waals surface area contributed by atoms with Gasteiger partial charge in [0.1, 0.15) is 30.0 Å². The lowest BCUT2D eigenvalue weighted by atomic mass is 9.63. The van der Waals surface area contributed by atoms with E-state index in [0.717, 1.165) is 24.8 Å². The standard InChI is InChI=1S/C26H42O9/c1-12-14-6-5-13-8-25(14,11-24(13,4)32)9-17(28)26(33)15(12)7-18(23(26,2)3)35-22-21(31)20(30)19(29)16(10-27)34-22/h13-22,27-33H,1,5-11H2,2-4H3/t13-,14+,15-,16-,17-,18+,19-,20+,21-,22+,24-,25-,26+/m1/s1. The quantitative estimate of drug-likeness (QED) is 0.262. The minimum atomic E-state index is -1.56. The molecule has 5 fully saturated rings. The third kappa shape index (κ3) is 3.47. The number of hydrogen-bond donors (Lipinski definition) is 7. The van der Waals surface area contributed by atoms with Gasteiger partial charge in [0.15, 0.2) is 6.29 Å². The lowest BCUT2D eigenvalue weighted by Crippen LogP contribution is -2.61. The number of aliphatic hydroxyl groups excluding tert-OH is 5. The monoisotopic (exact) mass is 498 g/mol. The molecule has 0 unspecified atom stereocenters. The van der Waals surface area contributed by atoms with E-state index in [-0.39, 0.29) is 17.3 Å². The van der Waals surface area contributed by atoms with E-state index in [1.807, 2.05) is 20.8 Å². The van der Waals surface area contributed by atoms with Crippen molar-refractivity contribution in [1.82, 2.24) is 0 Å². The summed E-state index contributed by atoms with van der Waals surface area (Å²) in [6.45, 7) is 9.42. The molecule has 200 valence electrons. The summed E-state index contributed by atoms with van der Waals surface area (Å²) in [7, 11) is 0. The molecule has 0 aromatic rings. The molecule has 1 spiro atoms. The number of aliphatic hydroxyl groups is 7. The number of fused-ring (bicyclic) bond motifs is 2. The van der Waals surface area contributed by atoms with Crippen LogP contribution < -0.4 is 0 Å². The van der Waals surface area contributed by atoms with Crippen LogP contribution in [0.25, 0.3) is 0 Å². The zero-order chi connectivity index (χ0) is 25.7. The second-order valence-electron chi connectivity index (χ2n) is 12.9. The maximum absolute atomic E-state index is 12.2. The van der Waals surface area contributed by atoms with Crippen LogP contribution in [0.15, 0.2) is 12.2 Å². The summed E-state index contributed by atoms with van der Waals surface area (Å²) in [4.78, 5) is 0. The smallest absolute Gasteiger partial charge is 0.186 e. The van der Waals surface area contributed by atoms with Crippen molar-refractivity contribution >= 4 is 0 Å². The molecule has 0 aromatic carbocycles. The van der Waals surface area contributed by atoms with Crippen LogP contribution in [0.4, 0.5) is 0 Å². The SMILES string of the molecule is C=C1[C@H]2C[C@H](O[C@@H]3O[C@H](CO)[C@@H](O)[C@H](O)[C@H]3O)C(C)(C)[C@@]2(O)[C@H](O)C[C@@]23C[C@@H](CC[C@@H]12)[C@](C)(O)C3. The molecule has 1 heterocycles. The maximum Gasteiger partial charge on any atom is 0.186 e. The highest BCUT2D eigenvalue weighted by atomic mass is 16.7. The van der Waals surface area contributed by atoms with Crippen LogP contribution in [0.3, 0.4) is 0 Å². The zero-order valence-corrected chi connectivity index (χ0v) is 20.9. The maximum atomic E-state index is 12.2. The Morgan fingerprint density at radius 2 is 1.66 bits per heavy atom. The van der Waals surface area contributed by atoms with Gasteiger partial charge >= 0.3 is 0 Å². The summed E-state index contributed by atoms with van der Waals surface area (Å²) in [6, 6.07) is 0. The molecule has 5 aliphatic rings. The molecule has 1 aliphatic heterocycles. The third-order valence-corrected chi connectivity index (χ3v) is 10.8. The highest BCUT2D eigenvalue weighted by Crippen LogP contribution is 2.69. The van der Waals surface area contributed by atoms with Crippen molar-refractivity contribution < 1.29 is 45.2 Å². The van der Waals surface area contributed by atoms with Gasteiger partial charge in [-0.15, -0.1) is 0 Å². The predicted octanol–water partition coefficient (Wildman–Crippen LogP) is -0.173. The fourth-order valence-corrected chi connectivity index (χ4v) is 8.71. The summed E-state index contributed by atoms with van der Waals surface area (Å²) in [5.41, 5.74) is -2.75. The fraction of sp³-hybridized carbons (Fsp3) is 0.923. The predicted molar refractivity (Wildman–Crippen MR) is 124 cm³/mol. The van der Waals surface area contributed by atoms with Crippen LogP contribution >= 0.6 is 0 Å². The molecule has 4 aliphatic carbocycles. The topological polar surface area (TPSA) is 160 Å². The molecule has 5 rings (SSSR count). The molecular formula is C26H42O9. The second-order valence-corrected chi connectivity index (χ2v) is 12.9. The van der Waals surface area contributed by atoms with Crippen LogP contribution in [0.2, 0.25) is 0 Å². The van der Waals surface area contributed by atoms with Gasteiger partial charge in [-0.2, -0.15) is 0 Å². The molecule has 2 bridgehead atoms. The second kappa shape index (κ2) is 8.19. The zero-order valence-electron chi connectivity index (χ0n) is 20.9. The molecule has 1 saturated heterocycles. The Hall–Kier alpha value is -0.620. The molecule has 9 nitrogen and oxygen atoms in total. The molecule has 0 aromatic heterocycles. The van der Waals surface area contributed by atoms with Gasteiger partial charge in [0.25, 0.3) is 0 Å². The van der Waals surface area contributed by atoms with E-state index in [2.05, 4.69) is 6.58 Å². The van der Waals surface area contributed by atoms with Gasteiger partial charge in [-0.25, -0.2) is 0 Å². The van der Waals surface area contributed by atoms with Crippen molar-refractivity contribution in [3.63, 3.8) is 0 Å². The lowest BCUT2D eigenvalue weighted by Gasteiger charge is -2.47. The summed E-state index contributed by atoms with van der Waals surface area (Å²) in [6.07, 6.45) is -4.90. The first-order valence-corrected chi connectivity index (χ1v) is 13.0. The van der Waals surface area contributed by atoms with Crippen LogP contribution in [0, 0.1) is 28.6 Å². The van der Waals surface area contributed by atoms with E-state index in [1.54, 1.807) is 0 Å². The lowest BCUT2D eigenvalue weighted by molar-refractivity contribution is -0.321. The Morgan fingerprint density at radius 3 is 2.31 bits per heavy atom. The van der Waals surface area contributed by atoms with Gasteiger partial charge in [-0.3, -0.25) is 0 Å². The van der Waals surface area contributed by atoms with E-state index in [9.17, 15) is 35.7 Å². The number of ether oxygens (including phenoxy) is 2. The summed E-state index contributed by atoms with van der Waals surface area (Å²) < 4.78 is 11.7. The Balaban J connectivity index is 1.44. The van der Waals surface area contributed by atoms with Gasteiger partial charge in [0.2, 0.25) is 0 Å². The van der Waals surface area contributed by atoms with Crippen molar-refractivity contribution in [1.29, 1.82) is 0 Å². The average molecular weight is 499 g/mol. The van der Waals surface area contributed by atoms with E-state index in [4.69, 9.17) is 9.47 Å². The fourth-order valence-electron chi connectivity index (χ4n) is 8.71. The highest BCUT2D eigenvalue weighted by molar-refractivity contribution is 5.30. The van der Waals surface area contributed by atoms with Crippen molar-refractivity contribution in [2.24, 2.45) is 28.6 Å². The summed E-state index contributed by atoms with van der Waals surface area (Å²) >= 11 is 0. The Bertz CT molecular complexity index is 858. The van der Waals surface area contributed by atoms with Crippen molar-refractivity contribution in [3.8, 4) is 0 Å². The molecule has 7 N–H and O–H groups in total. The minimum Gasteiger partial charge on any atom is -0.394 e. The molecular weight excluding hydrogens is 456 g/mol. The van der Waals surface area contributed by atoms with E-state index < -0.39 is 72.1 Å². The molecule has 35 heavy (non-hydrogen) atoms. The van der Waals surface area contributed by atoms with Crippen LogP contribution in [-0.4, -0.2) is 96.5 Å². The van der Waals surface area contributed by atoms with Gasteiger partial charge < -0.3 is 45.2 Å². The Morgan fingerprint density at radius 1 is 0.971 bits per heavy atom. The van der Waals surface area contributed by atoms with Crippen molar-refractivity contribution in [2.45, 2.75) is 113 Å². The van der Waals surface area contributed by atoms with Crippen molar-refractivity contribution in [2.75, 3.05) is 6.61 Å². The van der Waals surface area contributed by atoms with Gasteiger partial charge in [0.05, 0.1) is 24.4 Å². The third-order valence-electron chi connectivity index (χ3n) is 10.8. The first kappa shape index (κ1) is 26.0. The number of rotatable bonds is 3. The minimum absolute atomic E-state index is 0.0724. The Kier molecular flexibility index (Phi) is 6.08. The van der Waals surface area contributed by atoms with Crippen LogP contribution in [-0.2, 0) is 9.47 Å². The number of hydrogen-bond acceptors (Lipinski definition) is 9. The molecule has 9 heteroatoms. The highest BCUT2D eigenvalue weighted by Gasteiger charge is 2.70. The van der Waals surface area contributed by atoms with E-state index in [0.29, 0.717) is 19.3 Å². The first-order valence-electron chi connectivity index (χ1n) is 13.0.